The largest absolute Gasteiger partial charge is 0.495 e. The van der Waals surface area contributed by atoms with Gasteiger partial charge in [0.25, 0.3) is 0 Å². The van der Waals surface area contributed by atoms with Crippen LogP contribution in [-0.4, -0.2) is 41.7 Å². The van der Waals surface area contributed by atoms with Gasteiger partial charge in [0.15, 0.2) is 0 Å². The summed E-state index contributed by atoms with van der Waals surface area (Å²) in [5, 5.41) is 11.8. The van der Waals surface area contributed by atoms with E-state index in [0.717, 1.165) is 0 Å². The number of rotatable bonds is 5. The number of carbonyl (C=O) groups excluding carboxylic acids is 1. The second kappa shape index (κ2) is 7.00. The predicted molar refractivity (Wildman–Crippen MR) is 76.5 cm³/mol. The first-order valence-electron chi connectivity index (χ1n) is 5.98. The molecule has 0 heterocycles. The van der Waals surface area contributed by atoms with Gasteiger partial charge in [0.05, 0.1) is 12.1 Å². The highest BCUT2D eigenvalue weighted by atomic mass is 35.5. The van der Waals surface area contributed by atoms with Gasteiger partial charge in [-0.3, -0.25) is 4.79 Å². The second-order valence-electron chi connectivity index (χ2n) is 4.39. The van der Waals surface area contributed by atoms with Gasteiger partial charge in [-0.05, 0) is 32.0 Å². The smallest absolute Gasteiger partial charge is 0.323 e. The van der Waals surface area contributed by atoms with Gasteiger partial charge in [-0.1, -0.05) is 11.6 Å². The molecule has 0 aliphatic heterocycles. The molecular formula is C13H17ClN2O4. The molecule has 0 fully saturated rings. The molecule has 0 saturated heterocycles. The highest BCUT2D eigenvalue weighted by Gasteiger charge is 2.20. The molecule has 0 saturated carbocycles. The van der Waals surface area contributed by atoms with E-state index in [2.05, 4.69) is 5.32 Å². The fraction of sp³-hybridized carbons (Fsp3) is 0.385. The van der Waals surface area contributed by atoms with Crippen LogP contribution >= 0.6 is 11.6 Å². The van der Waals surface area contributed by atoms with E-state index in [0.29, 0.717) is 16.5 Å². The normalized spacial score (nSPS) is 10.2. The summed E-state index contributed by atoms with van der Waals surface area (Å²) in [5.74, 6) is -0.572. The number of carboxylic acid groups (broad SMARTS) is 1. The SMILES string of the molecule is COc1ccc(NC(=O)N(CC(=O)O)C(C)C)cc1Cl. The van der Waals surface area contributed by atoms with Gasteiger partial charge in [-0.25, -0.2) is 4.79 Å². The molecule has 0 spiro atoms. The van der Waals surface area contributed by atoms with Gasteiger partial charge in [-0.15, -0.1) is 0 Å². The first-order valence-corrected chi connectivity index (χ1v) is 6.36. The third-order valence-electron chi connectivity index (χ3n) is 2.59. The summed E-state index contributed by atoms with van der Waals surface area (Å²) in [6.07, 6.45) is 0. The molecule has 2 N–H and O–H groups in total. The molecule has 0 unspecified atom stereocenters. The number of nitrogens with zero attached hydrogens (tertiary/aromatic N) is 1. The van der Waals surface area contributed by atoms with Gasteiger partial charge < -0.3 is 20.1 Å². The molecule has 110 valence electrons. The van der Waals surface area contributed by atoms with Crippen molar-refractivity contribution in [3.8, 4) is 5.75 Å². The van der Waals surface area contributed by atoms with E-state index in [9.17, 15) is 9.59 Å². The minimum atomic E-state index is -1.07. The average Bonchev–Trinajstić information content (AvgIpc) is 2.35. The van der Waals surface area contributed by atoms with E-state index >= 15 is 0 Å². The average molecular weight is 301 g/mol. The number of methoxy groups -OCH3 is 1. The number of urea groups is 1. The highest BCUT2D eigenvalue weighted by molar-refractivity contribution is 6.32. The van der Waals surface area contributed by atoms with Crippen molar-refractivity contribution in [3.63, 3.8) is 0 Å². The number of nitrogens with one attached hydrogen (secondary N) is 1. The summed E-state index contributed by atoms with van der Waals surface area (Å²) < 4.78 is 5.01. The fourth-order valence-corrected chi connectivity index (χ4v) is 1.83. The lowest BCUT2D eigenvalue weighted by Crippen LogP contribution is -2.43. The number of hydrogen-bond acceptors (Lipinski definition) is 3. The summed E-state index contributed by atoms with van der Waals surface area (Å²) in [5.41, 5.74) is 0.469. The summed E-state index contributed by atoms with van der Waals surface area (Å²) in [4.78, 5) is 24.0. The lowest BCUT2D eigenvalue weighted by atomic mass is 10.3. The summed E-state index contributed by atoms with van der Waals surface area (Å²) in [7, 11) is 1.49. The topological polar surface area (TPSA) is 78.9 Å². The quantitative estimate of drug-likeness (QED) is 0.876. The van der Waals surface area contributed by atoms with Crippen LogP contribution in [0.2, 0.25) is 5.02 Å². The molecule has 0 aliphatic rings. The number of anilines is 1. The Kier molecular flexibility index (Phi) is 5.64. The Balaban J connectivity index is 2.82. The Labute approximate surface area is 122 Å². The number of benzene rings is 1. The number of amides is 2. The fourth-order valence-electron chi connectivity index (χ4n) is 1.57. The van der Waals surface area contributed by atoms with Crippen LogP contribution in [-0.2, 0) is 4.79 Å². The third-order valence-corrected chi connectivity index (χ3v) is 2.89. The van der Waals surface area contributed by atoms with Crippen molar-refractivity contribution in [3.05, 3.63) is 23.2 Å². The van der Waals surface area contributed by atoms with Crippen LogP contribution in [0.15, 0.2) is 18.2 Å². The third kappa shape index (κ3) is 4.31. The van der Waals surface area contributed by atoms with Crippen molar-refractivity contribution in [2.24, 2.45) is 0 Å². The van der Waals surface area contributed by atoms with Crippen LogP contribution in [0.3, 0.4) is 0 Å². The molecule has 0 atom stereocenters. The number of carbonyl (C=O) groups is 2. The van der Waals surface area contributed by atoms with Crippen LogP contribution in [0.1, 0.15) is 13.8 Å². The summed E-state index contributed by atoms with van der Waals surface area (Å²) in [6.45, 7) is 3.11. The Morgan fingerprint density at radius 1 is 1.45 bits per heavy atom. The number of ether oxygens (including phenoxy) is 1. The summed E-state index contributed by atoms with van der Waals surface area (Å²) >= 11 is 5.96. The Morgan fingerprint density at radius 2 is 2.10 bits per heavy atom. The van der Waals surface area contributed by atoms with E-state index in [1.54, 1.807) is 26.0 Å². The zero-order chi connectivity index (χ0) is 15.3. The van der Waals surface area contributed by atoms with Gasteiger partial charge in [0, 0.05) is 11.7 Å². The number of carboxylic acids is 1. The van der Waals surface area contributed by atoms with Crippen molar-refractivity contribution >= 4 is 29.3 Å². The van der Waals surface area contributed by atoms with Gasteiger partial charge >= 0.3 is 12.0 Å². The maximum absolute atomic E-state index is 12.0. The van der Waals surface area contributed by atoms with Crippen LogP contribution in [0.5, 0.6) is 5.75 Å². The van der Waals surface area contributed by atoms with E-state index in [1.165, 1.54) is 18.1 Å². The van der Waals surface area contributed by atoms with E-state index in [-0.39, 0.29) is 12.6 Å². The minimum Gasteiger partial charge on any atom is -0.495 e. The Morgan fingerprint density at radius 3 is 2.55 bits per heavy atom. The molecule has 2 amide bonds. The van der Waals surface area contributed by atoms with Crippen molar-refractivity contribution < 1.29 is 19.4 Å². The number of hydrogen-bond donors (Lipinski definition) is 2. The number of halogens is 1. The maximum Gasteiger partial charge on any atom is 0.323 e. The molecule has 7 heteroatoms. The highest BCUT2D eigenvalue weighted by Crippen LogP contribution is 2.27. The Bertz CT molecular complexity index is 505. The van der Waals surface area contributed by atoms with E-state index in [4.69, 9.17) is 21.4 Å². The summed E-state index contributed by atoms with van der Waals surface area (Å²) in [6, 6.07) is 4.05. The van der Waals surface area contributed by atoms with Crippen molar-refractivity contribution in [1.29, 1.82) is 0 Å². The minimum absolute atomic E-state index is 0.236. The monoisotopic (exact) mass is 300 g/mol. The molecule has 0 aliphatic carbocycles. The standard InChI is InChI=1S/C13H17ClN2O4/c1-8(2)16(7-12(17)18)13(19)15-9-4-5-11(20-3)10(14)6-9/h4-6,8H,7H2,1-3H3,(H,15,19)(H,17,18). The van der Waals surface area contributed by atoms with Crippen LogP contribution in [0, 0.1) is 0 Å². The van der Waals surface area contributed by atoms with Crippen LogP contribution in [0.25, 0.3) is 0 Å². The maximum atomic E-state index is 12.0. The molecule has 6 nitrogen and oxygen atoms in total. The van der Waals surface area contributed by atoms with Crippen molar-refractivity contribution in [2.45, 2.75) is 19.9 Å². The molecular weight excluding hydrogens is 284 g/mol. The zero-order valence-corrected chi connectivity index (χ0v) is 12.3. The van der Waals surface area contributed by atoms with Crippen LogP contribution in [0.4, 0.5) is 10.5 Å². The molecule has 1 aromatic rings. The van der Waals surface area contributed by atoms with E-state index < -0.39 is 12.0 Å². The van der Waals surface area contributed by atoms with Gasteiger partial charge in [0.1, 0.15) is 12.3 Å². The lowest BCUT2D eigenvalue weighted by molar-refractivity contribution is -0.137. The Hall–Kier alpha value is -1.95. The number of aliphatic carboxylic acids is 1. The second-order valence-corrected chi connectivity index (χ2v) is 4.80. The first kappa shape index (κ1) is 16.1. The molecule has 1 rings (SSSR count). The van der Waals surface area contributed by atoms with E-state index in [1.807, 2.05) is 0 Å². The molecule has 1 aromatic carbocycles. The molecule has 0 aromatic heterocycles. The predicted octanol–water partition coefficient (Wildman–Crippen LogP) is 2.68. The molecule has 0 bridgehead atoms. The zero-order valence-electron chi connectivity index (χ0n) is 11.5. The molecule has 20 heavy (non-hydrogen) atoms. The lowest BCUT2D eigenvalue weighted by Gasteiger charge is -2.25. The van der Waals surface area contributed by atoms with Crippen molar-refractivity contribution in [2.75, 3.05) is 19.0 Å². The van der Waals surface area contributed by atoms with Gasteiger partial charge in [0.2, 0.25) is 0 Å². The van der Waals surface area contributed by atoms with Crippen LogP contribution < -0.4 is 10.1 Å². The van der Waals surface area contributed by atoms with Gasteiger partial charge in [-0.2, -0.15) is 0 Å². The van der Waals surface area contributed by atoms with Crippen molar-refractivity contribution in [1.82, 2.24) is 4.90 Å². The molecule has 0 radical (unpaired) electrons. The first-order chi connectivity index (χ1) is 9.35.